The number of rotatable bonds is 12. The second-order valence-electron chi connectivity index (χ2n) is 6.57. The lowest BCUT2D eigenvalue weighted by Gasteiger charge is -2.12. The average molecular weight is 396 g/mol. The van der Waals surface area contributed by atoms with Crippen LogP contribution in [0.2, 0.25) is 0 Å². The molecule has 2 rings (SSSR count). The molecule has 0 aliphatic heterocycles. The first-order valence-electron chi connectivity index (χ1n) is 9.53. The number of fused-ring (bicyclic) bond motifs is 1. The van der Waals surface area contributed by atoms with E-state index in [0.29, 0.717) is 63.8 Å². The molecule has 0 bridgehead atoms. The molecule has 1 amide bonds. The van der Waals surface area contributed by atoms with Gasteiger partial charge in [-0.15, -0.1) is 11.8 Å². The average Bonchev–Trinajstić information content (AvgIpc) is 3.28. The summed E-state index contributed by atoms with van der Waals surface area (Å²) < 4.78 is 21.5. The van der Waals surface area contributed by atoms with Crippen molar-refractivity contribution in [3.63, 3.8) is 0 Å². The zero-order valence-corrected chi connectivity index (χ0v) is 16.8. The number of alkyl carbamates (subject to hydrolysis) is 1. The maximum atomic E-state index is 11.7. The second-order valence-corrected chi connectivity index (χ2v) is 7.97. The lowest BCUT2D eigenvalue weighted by molar-refractivity contribution is 0.0951. The van der Waals surface area contributed by atoms with Crippen molar-refractivity contribution in [1.82, 2.24) is 5.32 Å². The van der Waals surface area contributed by atoms with Gasteiger partial charge in [-0.2, -0.15) is 5.26 Å². The van der Waals surface area contributed by atoms with Crippen LogP contribution >= 0.6 is 8.38 Å². The molecule has 2 aliphatic carbocycles. The van der Waals surface area contributed by atoms with Gasteiger partial charge in [0.2, 0.25) is 0 Å². The zero-order valence-electron chi connectivity index (χ0n) is 15.9. The number of carbonyl (C=O) groups is 1. The number of ether oxygens (including phenoxy) is 2. The van der Waals surface area contributed by atoms with E-state index in [2.05, 4.69) is 17.2 Å². The Kier molecular flexibility index (Phi) is 10.5. The summed E-state index contributed by atoms with van der Waals surface area (Å²) in [5, 5.41) is 11.1. The van der Waals surface area contributed by atoms with Crippen LogP contribution in [0.5, 0.6) is 0 Å². The number of nitrogens with one attached hydrogen (secondary N) is 1. The van der Waals surface area contributed by atoms with Gasteiger partial charge < -0.3 is 23.8 Å². The van der Waals surface area contributed by atoms with Crippen LogP contribution in [0.15, 0.2) is 0 Å². The molecule has 2 aliphatic rings. The normalized spacial score (nSPS) is 24.2. The molecule has 2 unspecified atom stereocenters. The predicted octanol–water partition coefficient (Wildman–Crippen LogP) is 3.06. The monoisotopic (exact) mass is 396 g/mol. The van der Waals surface area contributed by atoms with E-state index in [1.807, 2.05) is 12.7 Å². The molecular weight excluding hydrogens is 367 g/mol. The van der Waals surface area contributed by atoms with Gasteiger partial charge in [-0.3, -0.25) is 0 Å². The molecule has 27 heavy (non-hydrogen) atoms. The fraction of sp³-hybridized carbons (Fsp3) is 0.789. The topological polar surface area (TPSA) is 89.8 Å². The van der Waals surface area contributed by atoms with Gasteiger partial charge >= 0.3 is 6.09 Å². The molecule has 0 aromatic heterocycles. The SMILES string of the molecule is CP(OCCC#N)OCCOCCNC(=O)OCC1[C@H]2CCC#CCC[C@@H]12. The molecule has 1 N–H and O–H groups in total. The van der Waals surface area contributed by atoms with E-state index in [4.69, 9.17) is 23.8 Å². The van der Waals surface area contributed by atoms with Crippen LogP contribution in [0, 0.1) is 40.9 Å². The van der Waals surface area contributed by atoms with Gasteiger partial charge in [0.1, 0.15) is 0 Å². The summed E-state index contributed by atoms with van der Waals surface area (Å²) in [5.41, 5.74) is 0. The number of amides is 1. The van der Waals surface area contributed by atoms with Gasteiger partial charge in [-0.05, 0) is 30.6 Å². The maximum Gasteiger partial charge on any atom is 0.407 e. The molecule has 0 saturated heterocycles. The molecule has 0 spiro atoms. The Morgan fingerprint density at radius 1 is 1.15 bits per heavy atom. The third kappa shape index (κ3) is 8.91. The Balaban J connectivity index is 1.39. The lowest BCUT2D eigenvalue weighted by atomic mass is 10.1. The van der Waals surface area contributed by atoms with Gasteiger partial charge in [-0.1, -0.05) is 0 Å². The van der Waals surface area contributed by atoms with Crippen molar-refractivity contribution in [2.24, 2.45) is 17.8 Å². The largest absolute Gasteiger partial charge is 0.449 e. The Morgan fingerprint density at radius 2 is 1.85 bits per heavy atom. The molecule has 7 nitrogen and oxygen atoms in total. The first kappa shape index (κ1) is 21.9. The van der Waals surface area contributed by atoms with E-state index in [1.165, 1.54) is 0 Å². The minimum atomic E-state index is -0.970. The molecule has 1 saturated carbocycles. The Hall–Kier alpha value is -1.37. The van der Waals surface area contributed by atoms with E-state index >= 15 is 0 Å². The molecule has 0 aromatic rings. The summed E-state index contributed by atoms with van der Waals surface area (Å²) in [6, 6.07) is 2.01. The van der Waals surface area contributed by atoms with Gasteiger partial charge in [0.15, 0.2) is 8.38 Å². The van der Waals surface area contributed by atoms with Crippen molar-refractivity contribution >= 4 is 14.5 Å². The fourth-order valence-corrected chi connectivity index (χ4v) is 4.07. The van der Waals surface area contributed by atoms with E-state index in [9.17, 15) is 4.79 Å². The third-order valence-electron chi connectivity index (χ3n) is 4.75. The highest BCUT2D eigenvalue weighted by molar-refractivity contribution is 7.46. The fourth-order valence-electron chi connectivity index (χ4n) is 3.31. The summed E-state index contributed by atoms with van der Waals surface area (Å²) in [4.78, 5) is 11.7. The molecule has 4 atom stereocenters. The van der Waals surface area contributed by atoms with Crippen LogP contribution < -0.4 is 5.32 Å². The van der Waals surface area contributed by atoms with Crippen molar-refractivity contribution < 1.29 is 23.3 Å². The van der Waals surface area contributed by atoms with Crippen molar-refractivity contribution in [1.29, 1.82) is 5.26 Å². The summed E-state index contributed by atoms with van der Waals surface area (Å²) in [7, 11) is -0.970. The predicted molar refractivity (Wildman–Crippen MR) is 102 cm³/mol. The van der Waals surface area contributed by atoms with E-state index < -0.39 is 8.38 Å². The molecule has 0 heterocycles. The highest BCUT2D eigenvalue weighted by Gasteiger charge is 2.49. The standard InChI is InChI=1S/C19H29N2O5P/c1-27(25-11-6-9-20)26-14-13-23-12-10-21-19(22)24-15-18-16-7-4-2-3-5-8-17(16)18/h16-18H,4-8,10-15H2,1H3,(H,21,22)/t16-,17+,18?,27?. The number of carbonyl (C=O) groups excluding carboxylic acids is 1. The van der Waals surface area contributed by atoms with E-state index in [0.717, 1.165) is 25.7 Å². The van der Waals surface area contributed by atoms with Gasteiger partial charge in [0.25, 0.3) is 0 Å². The maximum absolute atomic E-state index is 11.7. The first-order valence-corrected chi connectivity index (χ1v) is 11.2. The first-order chi connectivity index (χ1) is 13.2. The Bertz CT molecular complexity index is 539. The minimum absolute atomic E-state index is 0.366. The summed E-state index contributed by atoms with van der Waals surface area (Å²) in [6.45, 7) is 4.40. The van der Waals surface area contributed by atoms with Gasteiger partial charge in [0, 0.05) is 26.1 Å². The summed E-state index contributed by atoms with van der Waals surface area (Å²) in [6.07, 6.45) is 4.19. The highest BCUT2D eigenvalue weighted by atomic mass is 31.2. The number of nitriles is 1. The van der Waals surface area contributed by atoms with Crippen molar-refractivity contribution in [3.05, 3.63) is 0 Å². The van der Waals surface area contributed by atoms with Crippen LogP contribution in [0.4, 0.5) is 4.79 Å². The van der Waals surface area contributed by atoms with Gasteiger partial charge in [-0.25, -0.2) is 4.79 Å². The number of hydrogen-bond acceptors (Lipinski definition) is 6. The van der Waals surface area contributed by atoms with Gasteiger partial charge in [0.05, 0.1) is 45.5 Å². The second kappa shape index (κ2) is 12.9. The smallest absolute Gasteiger partial charge is 0.407 e. The van der Waals surface area contributed by atoms with Crippen molar-refractivity contribution in [2.75, 3.05) is 46.2 Å². The van der Waals surface area contributed by atoms with Crippen LogP contribution in [0.25, 0.3) is 0 Å². The van der Waals surface area contributed by atoms with Crippen LogP contribution in [-0.2, 0) is 18.5 Å². The van der Waals surface area contributed by atoms with Crippen molar-refractivity contribution in [2.45, 2.75) is 32.1 Å². The number of hydrogen-bond donors (Lipinski definition) is 1. The molecule has 0 radical (unpaired) electrons. The Morgan fingerprint density at radius 3 is 2.56 bits per heavy atom. The molecule has 8 heteroatoms. The van der Waals surface area contributed by atoms with E-state index in [1.54, 1.807) is 0 Å². The molecule has 150 valence electrons. The van der Waals surface area contributed by atoms with Crippen LogP contribution in [-0.4, -0.2) is 52.3 Å². The molecule has 1 fully saturated rings. The lowest BCUT2D eigenvalue weighted by Crippen LogP contribution is -2.29. The highest BCUT2D eigenvalue weighted by Crippen LogP contribution is 2.52. The van der Waals surface area contributed by atoms with Crippen molar-refractivity contribution in [3.8, 4) is 17.9 Å². The Labute approximate surface area is 163 Å². The van der Waals surface area contributed by atoms with Crippen LogP contribution in [0.3, 0.4) is 0 Å². The molecular formula is C19H29N2O5P. The quantitative estimate of drug-likeness (QED) is 0.310. The third-order valence-corrected chi connectivity index (χ3v) is 5.84. The van der Waals surface area contributed by atoms with Crippen LogP contribution in [0.1, 0.15) is 32.1 Å². The molecule has 0 aromatic carbocycles. The number of nitrogens with zero attached hydrogens (tertiary/aromatic N) is 1. The van der Waals surface area contributed by atoms with E-state index in [-0.39, 0.29) is 6.09 Å². The summed E-state index contributed by atoms with van der Waals surface area (Å²) in [5.74, 6) is 8.24. The minimum Gasteiger partial charge on any atom is -0.449 e. The zero-order chi connectivity index (χ0) is 19.3. The summed E-state index contributed by atoms with van der Waals surface area (Å²) >= 11 is 0.